The molecule has 0 saturated carbocycles. The second kappa shape index (κ2) is 9.05. The number of hydrogen-bond acceptors (Lipinski definition) is 5. The van der Waals surface area contributed by atoms with Gasteiger partial charge in [0.1, 0.15) is 19.9 Å². The van der Waals surface area contributed by atoms with Crippen LogP contribution in [0.5, 0.6) is 0 Å². The fraction of sp³-hybridized carbons (Fsp3) is 0.190. The summed E-state index contributed by atoms with van der Waals surface area (Å²) in [5.41, 5.74) is 4.00. The molecule has 152 valence electrons. The van der Waals surface area contributed by atoms with Crippen LogP contribution < -0.4 is 16.1 Å². The number of nitrogens with zero attached hydrogens (tertiary/aromatic N) is 3. The zero-order valence-corrected chi connectivity index (χ0v) is 17.3. The summed E-state index contributed by atoms with van der Waals surface area (Å²) in [5.74, 6) is 0.731. The topological polar surface area (TPSA) is 84.5 Å². The number of rotatable bonds is 8. The van der Waals surface area contributed by atoms with Gasteiger partial charge in [0.05, 0.1) is 17.5 Å². The Balaban J connectivity index is 1.40. The van der Waals surface area contributed by atoms with Crippen LogP contribution in [0.2, 0.25) is 5.02 Å². The number of nitrogens with one attached hydrogen (secondary N) is 2. The van der Waals surface area contributed by atoms with Crippen molar-refractivity contribution < 1.29 is 9.21 Å². The number of aromatic nitrogens is 3. The normalized spacial score (nSPS) is 11.0. The minimum atomic E-state index is -0.121. The Morgan fingerprint density at radius 3 is 2.83 bits per heavy atom. The first-order chi connectivity index (χ1) is 14.6. The van der Waals surface area contributed by atoms with E-state index in [0.29, 0.717) is 17.1 Å². The SMILES string of the molecule is Bc1cnn2c(NCCCCNC(=O)c3ccoc3)cc(-c3ccccc3Cl)nc12. The van der Waals surface area contributed by atoms with Crippen LogP contribution in [0.4, 0.5) is 5.82 Å². The van der Waals surface area contributed by atoms with Gasteiger partial charge in [-0.3, -0.25) is 4.79 Å². The average Bonchev–Trinajstić information content (AvgIpc) is 3.41. The van der Waals surface area contributed by atoms with E-state index < -0.39 is 0 Å². The van der Waals surface area contributed by atoms with Gasteiger partial charge < -0.3 is 15.1 Å². The van der Waals surface area contributed by atoms with Gasteiger partial charge in [0.2, 0.25) is 0 Å². The van der Waals surface area contributed by atoms with Crippen molar-refractivity contribution in [2.24, 2.45) is 0 Å². The molecule has 30 heavy (non-hydrogen) atoms. The highest BCUT2D eigenvalue weighted by Gasteiger charge is 2.12. The number of halogens is 1. The van der Waals surface area contributed by atoms with Gasteiger partial charge in [-0.1, -0.05) is 29.8 Å². The van der Waals surface area contributed by atoms with Gasteiger partial charge in [0.25, 0.3) is 5.91 Å². The van der Waals surface area contributed by atoms with Crippen molar-refractivity contribution in [2.45, 2.75) is 12.8 Å². The lowest BCUT2D eigenvalue weighted by Gasteiger charge is -2.12. The molecule has 0 fully saturated rings. The molecule has 0 bridgehead atoms. The molecular formula is C21H21BClN5O2. The number of furan rings is 1. The van der Waals surface area contributed by atoms with Crippen LogP contribution in [-0.2, 0) is 0 Å². The van der Waals surface area contributed by atoms with Crippen molar-refractivity contribution >= 4 is 42.3 Å². The van der Waals surface area contributed by atoms with Gasteiger partial charge in [-0.25, -0.2) is 4.98 Å². The standard InChI is InChI=1S/C21H21BClN5O2/c22-16-12-26-28-19(11-18(27-20(16)28)15-5-1-2-6-17(15)23)24-8-3-4-9-25-21(29)14-7-10-30-13-14/h1-2,5-7,10-13,24H,3-4,8-9,22H2,(H,25,29). The number of amides is 1. The summed E-state index contributed by atoms with van der Waals surface area (Å²) >= 11 is 6.38. The van der Waals surface area contributed by atoms with Crippen LogP contribution in [0.1, 0.15) is 23.2 Å². The Morgan fingerprint density at radius 2 is 2.03 bits per heavy atom. The van der Waals surface area contributed by atoms with E-state index in [9.17, 15) is 4.79 Å². The van der Waals surface area contributed by atoms with E-state index in [-0.39, 0.29) is 5.91 Å². The molecule has 0 saturated heterocycles. The van der Waals surface area contributed by atoms with E-state index in [1.54, 1.807) is 16.8 Å². The number of carbonyl (C=O) groups is 1. The van der Waals surface area contributed by atoms with Crippen LogP contribution in [-0.4, -0.2) is 41.4 Å². The summed E-state index contributed by atoms with van der Waals surface area (Å²) in [7, 11) is 1.98. The van der Waals surface area contributed by atoms with E-state index in [2.05, 4.69) is 15.7 Å². The van der Waals surface area contributed by atoms with Crippen molar-refractivity contribution in [3.63, 3.8) is 0 Å². The van der Waals surface area contributed by atoms with E-state index in [1.807, 2.05) is 38.2 Å². The highest BCUT2D eigenvalue weighted by molar-refractivity contribution is 6.36. The molecule has 9 heteroatoms. The van der Waals surface area contributed by atoms with E-state index in [4.69, 9.17) is 21.0 Å². The molecule has 2 N–H and O–H groups in total. The fourth-order valence-corrected chi connectivity index (χ4v) is 3.40. The zero-order valence-electron chi connectivity index (χ0n) is 16.6. The summed E-state index contributed by atoms with van der Waals surface area (Å²) in [6.45, 7) is 1.34. The molecule has 3 aromatic heterocycles. The quantitative estimate of drug-likeness (QED) is 0.337. The fourth-order valence-electron chi connectivity index (χ4n) is 3.17. The Labute approximate surface area is 179 Å². The van der Waals surface area contributed by atoms with Crippen LogP contribution in [0.25, 0.3) is 16.9 Å². The third-order valence-electron chi connectivity index (χ3n) is 4.78. The third kappa shape index (κ3) is 4.33. The summed E-state index contributed by atoms with van der Waals surface area (Å²) < 4.78 is 6.72. The van der Waals surface area contributed by atoms with Gasteiger partial charge in [-0.2, -0.15) is 9.61 Å². The van der Waals surface area contributed by atoms with Crippen molar-refractivity contribution in [1.82, 2.24) is 19.9 Å². The molecule has 4 rings (SSSR count). The minimum absolute atomic E-state index is 0.121. The second-order valence-corrected chi connectivity index (χ2v) is 7.38. The first-order valence-electron chi connectivity index (χ1n) is 9.78. The number of unbranched alkanes of at least 4 members (excludes halogenated alkanes) is 1. The Hall–Kier alpha value is -3.26. The average molecular weight is 422 g/mol. The Bertz CT molecular complexity index is 1160. The van der Waals surface area contributed by atoms with Crippen molar-refractivity contribution in [3.05, 3.63) is 65.7 Å². The maximum atomic E-state index is 11.9. The first kappa shape index (κ1) is 20.0. The predicted molar refractivity (Wildman–Crippen MR) is 120 cm³/mol. The monoisotopic (exact) mass is 421 g/mol. The highest BCUT2D eigenvalue weighted by atomic mass is 35.5. The predicted octanol–water partition coefficient (Wildman–Crippen LogP) is 2.52. The molecule has 0 atom stereocenters. The molecule has 3 heterocycles. The van der Waals surface area contributed by atoms with Crippen LogP contribution in [0.15, 0.2) is 59.5 Å². The van der Waals surface area contributed by atoms with Crippen LogP contribution in [0, 0.1) is 0 Å². The van der Waals surface area contributed by atoms with Gasteiger partial charge in [-0.05, 0) is 30.4 Å². The molecule has 1 amide bonds. The zero-order chi connectivity index (χ0) is 20.9. The lowest BCUT2D eigenvalue weighted by atomic mass is 10.0. The highest BCUT2D eigenvalue weighted by Crippen LogP contribution is 2.28. The number of carbonyl (C=O) groups excluding carboxylic acids is 1. The van der Waals surface area contributed by atoms with Gasteiger partial charge >= 0.3 is 0 Å². The number of fused-ring (bicyclic) bond motifs is 1. The first-order valence-corrected chi connectivity index (χ1v) is 10.2. The van der Waals surface area contributed by atoms with Crippen LogP contribution in [0.3, 0.4) is 0 Å². The molecule has 0 aliphatic rings. The van der Waals surface area contributed by atoms with Gasteiger partial charge in [-0.15, -0.1) is 0 Å². The number of anilines is 1. The van der Waals surface area contributed by atoms with Gasteiger partial charge in [0, 0.05) is 35.9 Å². The summed E-state index contributed by atoms with van der Waals surface area (Å²) in [6, 6.07) is 11.3. The second-order valence-electron chi connectivity index (χ2n) is 6.97. The third-order valence-corrected chi connectivity index (χ3v) is 5.11. The van der Waals surface area contributed by atoms with Crippen LogP contribution >= 0.6 is 11.6 Å². The van der Waals surface area contributed by atoms with Crippen molar-refractivity contribution in [2.75, 3.05) is 18.4 Å². The number of benzene rings is 1. The van der Waals surface area contributed by atoms with E-state index in [0.717, 1.165) is 47.6 Å². The lowest BCUT2D eigenvalue weighted by Crippen LogP contribution is -2.24. The lowest BCUT2D eigenvalue weighted by molar-refractivity contribution is 0.0952. The molecule has 0 aliphatic carbocycles. The largest absolute Gasteiger partial charge is 0.472 e. The van der Waals surface area contributed by atoms with Crippen molar-refractivity contribution in [1.29, 1.82) is 0 Å². The summed E-state index contributed by atoms with van der Waals surface area (Å²) in [4.78, 5) is 16.6. The maximum absolute atomic E-state index is 11.9. The molecule has 4 aromatic rings. The minimum Gasteiger partial charge on any atom is -0.472 e. The molecule has 0 aliphatic heterocycles. The molecule has 0 unspecified atom stereocenters. The Morgan fingerprint density at radius 1 is 1.20 bits per heavy atom. The number of hydrogen-bond donors (Lipinski definition) is 2. The van der Waals surface area contributed by atoms with E-state index >= 15 is 0 Å². The van der Waals surface area contributed by atoms with E-state index in [1.165, 1.54) is 12.5 Å². The summed E-state index contributed by atoms with van der Waals surface area (Å²) in [6.07, 6.45) is 6.46. The maximum Gasteiger partial charge on any atom is 0.254 e. The molecule has 7 nitrogen and oxygen atoms in total. The molecular weight excluding hydrogens is 401 g/mol. The smallest absolute Gasteiger partial charge is 0.254 e. The Kier molecular flexibility index (Phi) is 6.04. The molecule has 0 spiro atoms. The van der Waals surface area contributed by atoms with Gasteiger partial charge in [0.15, 0.2) is 5.65 Å². The summed E-state index contributed by atoms with van der Waals surface area (Å²) in [5, 5.41) is 11.4. The molecule has 0 radical (unpaired) electrons. The molecule has 1 aromatic carbocycles. The van der Waals surface area contributed by atoms with Crippen molar-refractivity contribution in [3.8, 4) is 11.3 Å².